The number of nitrogens with zero attached hydrogens (tertiary/aromatic N) is 1. The van der Waals surface area contributed by atoms with Gasteiger partial charge in [0.25, 0.3) is 11.1 Å². The van der Waals surface area contributed by atoms with E-state index in [-0.39, 0.29) is 21.9 Å². The number of hydrogen-bond acceptors (Lipinski definition) is 5. The summed E-state index contributed by atoms with van der Waals surface area (Å²) in [6.07, 6.45) is 4.57. The topological polar surface area (TPSA) is 124 Å². The zero-order valence-electron chi connectivity index (χ0n) is 16.1. The Hall–Kier alpha value is -3.55. The molecule has 8 nitrogen and oxygen atoms in total. The largest absolute Gasteiger partial charge is 0.504 e. The molecule has 28 heavy (non-hydrogen) atoms. The van der Waals surface area contributed by atoms with Gasteiger partial charge in [0, 0.05) is 11.1 Å². The monoisotopic (exact) mass is 382 g/mol. The molecule has 8 heteroatoms. The summed E-state index contributed by atoms with van der Waals surface area (Å²) < 4.78 is 4.99. The van der Waals surface area contributed by atoms with E-state index in [1.807, 2.05) is 20.8 Å². The van der Waals surface area contributed by atoms with Gasteiger partial charge in [-0.15, -0.1) is 0 Å². The number of aromatic nitrogens is 4. The zero-order valence-corrected chi connectivity index (χ0v) is 16.1. The molecular weight excluding hydrogens is 360 g/mol. The van der Waals surface area contributed by atoms with Gasteiger partial charge in [-0.3, -0.25) is 9.59 Å². The first-order chi connectivity index (χ1) is 13.2. The summed E-state index contributed by atoms with van der Waals surface area (Å²) in [5.41, 5.74) is 0.876. The lowest BCUT2D eigenvalue weighted by Gasteiger charge is -2.16. The van der Waals surface area contributed by atoms with Crippen LogP contribution in [0.4, 0.5) is 0 Å². The number of aromatic hydroxyl groups is 1. The van der Waals surface area contributed by atoms with Crippen molar-refractivity contribution in [2.75, 3.05) is 7.11 Å². The van der Waals surface area contributed by atoms with Crippen molar-refractivity contribution in [1.29, 1.82) is 0 Å². The Morgan fingerprint density at radius 3 is 2.29 bits per heavy atom. The van der Waals surface area contributed by atoms with Gasteiger partial charge in [0.05, 0.1) is 19.1 Å². The van der Waals surface area contributed by atoms with E-state index in [0.717, 1.165) is 5.69 Å². The number of benzene rings is 1. The van der Waals surface area contributed by atoms with Crippen LogP contribution in [0.15, 0.2) is 34.1 Å². The van der Waals surface area contributed by atoms with E-state index in [9.17, 15) is 14.7 Å². The number of hydrogen-bond donors (Lipinski definition) is 4. The first kappa shape index (κ1) is 19.2. The minimum Gasteiger partial charge on any atom is -0.504 e. The Morgan fingerprint density at radius 1 is 1.07 bits per heavy atom. The van der Waals surface area contributed by atoms with E-state index < -0.39 is 11.1 Å². The maximum atomic E-state index is 12.5. The fraction of sp³-hybridized carbons (Fsp3) is 0.250. The Bertz CT molecular complexity index is 1240. The van der Waals surface area contributed by atoms with Crippen LogP contribution in [0.3, 0.4) is 0 Å². The number of imidazole rings is 1. The second-order valence-electron chi connectivity index (χ2n) is 7.37. The molecule has 0 saturated heterocycles. The summed E-state index contributed by atoms with van der Waals surface area (Å²) in [7, 11) is 1.44. The van der Waals surface area contributed by atoms with Gasteiger partial charge < -0.3 is 24.8 Å². The molecule has 0 fully saturated rings. The first-order valence-corrected chi connectivity index (χ1v) is 8.66. The Morgan fingerprint density at radius 2 is 1.71 bits per heavy atom. The fourth-order valence-corrected chi connectivity index (χ4v) is 2.81. The molecule has 0 aliphatic carbocycles. The Labute approximate surface area is 160 Å². The smallest absolute Gasteiger partial charge is 0.272 e. The molecule has 0 bridgehead atoms. The normalized spacial score (nSPS) is 13.1. The number of ether oxygens (including phenoxy) is 1. The molecule has 1 aromatic carbocycles. The number of phenols is 1. The quantitative estimate of drug-likeness (QED) is 0.524. The predicted octanol–water partition coefficient (Wildman–Crippen LogP) is 0.456. The average Bonchev–Trinajstić information content (AvgIpc) is 3.08. The highest BCUT2D eigenvalue weighted by Gasteiger charge is 2.19. The molecular formula is C20H22N4O4. The van der Waals surface area contributed by atoms with Gasteiger partial charge in [0.1, 0.15) is 10.7 Å². The van der Waals surface area contributed by atoms with E-state index in [4.69, 9.17) is 4.74 Å². The Balaban J connectivity index is 2.10. The summed E-state index contributed by atoms with van der Waals surface area (Å²) in [5.74, 6) is 0.256. The number of methoxy groups -OCH3 is 1. The van der Waals surface area contributed by atoms with Crippen molar-refractivity contribution in [3.05, 3.63) is 72.9 Å². The summed E-state index contributed by atoms with van der Waals surface area (Å²) >= 11 is 0. The van der Waals surface area contributed by atoms with Gasteiger partial charge in [-0.2, -0.15) is 0 Å². The number of H-pyrrole nitrogens is 3. The molecule has 0 amide bonds. The van der Waals surface area contributed by atoms with Crippen LogP contribution in [0.5, 0.6) is 11.5 Å². The standard InChI is InChI=1S/C20H22N4O4/c1-20(2,3)17-12(21-10-22-17)9-14-19(27)23-13(18(26)24-14)7-11-5-6-16(28-4)15(25)8-11/h5-10,25H,1-4H3,(H,21,22)(H,23,27)(H,24,26)/b13-7-,14-9-. The lowest BCUT2D eigenvalue weighted by molar-refractivity contribution is 0.373. The lowest BCUT2D eigenvalue weighted by Crippen LogP contribution is -2.46. The molecule has 0 unspecified atom stereocenters. The molecule has 0 aliphatic heterocycles. The van der Waals surface area contributed by atoms with E-state index in [1.165, 1.54) is 19.3 Å². The summed E-state index contributed by atoms with van der Waals surface area (Å²) in [5, 5.41) is 10.0. The van der Waals surface area contributed by atoms with E-state index >= 15 is 0 Å². The van der Waals surface area contributed by atoms with Crippen LogP contribution in [-0.2, 0) is 5.41 Å². The average molecular weight is 382 g/mol. The van der Waals surface area contributed by atoms with E-state index in [0.29, 0.717) is 17.0 Å². The fourth-order valence-electron chi connectivity index (χ4n) is 2.81. The number of phenolic OH excluding ortho intramolecular Hbond substituents is 1. The van der Waals surface area contributed by atoms with Crippen LogP contribution in [0.1, 0.15) is 37.7 Å². The van der Waals surface area contributed by atoms with E-state index in [2.05, 4.69) is 19.9 Å². The van der Waals surface area contributed by atoms with Crippen LogP contribution in [-0.4, -0.2) is 32.2 Å². The first-order valence-electron chi connectivity index (χ1n) is 8.66. The molecule has 4 N–H and O–H groups in total. The van der Waals surface area contributed by atoms with Gasteiger partial charge in [0.2, 0.25) is 0 Å². The third-order valence-corrected chi connectivity index (χ3v) is 4.20. The number of nitrogens with one attached hydrogen (secondary N) is 3. The summed E-state index contributed by atoms with van der Waals surface area (Å²) in [6, 6.07) is 4.67. The third kappa shape index (κ3) is 3.90. The molecule has 0 aliphatic rings. The highest BCUT2D eigenvalue weighted by atomic mass is 16.5. The van der Waals surface area contributed by atoms with Crippen molar-refractivity contribution in [2.24, 2.45) is 0 Å². The second kappa shape index (κ2) is 7.22. The van der Waals surface area contributed by atoms with Crippen molar-refractivity contribution in [1.82, 2.24) is 19.9 Å². The molecule has 2 aromatic heterocycles. The highest BCUT2D eigenvalue weighted by Crippen LogP contribution is 2.26. The minimum absolute atomic E-state index is 0.0618. The summed E-state index contributed by atoms with van der Waals surface area (Å²) in [4.78, 5) is 37.3. The summed E-state index contributed by atoms with van der Waals surface area (Å²) in [6.45, 7) is 6.06. The van der Waals surface area contributed by atoms with Crippen LogP contribution in [0.25, 0.3) is 12.2 Å². The Kier molecular flexibility index (Phi) is 4.96. The van der Waals surface area contributed by atoms with E-state index in [1.54, 1.807) is 24.5 Å². The third-order valence-electron chi connectivity index (χ3n) is 4.20. The van der Waals surface area contributed by atoms with Crippen molar-refractivity contribution < 1.29 is 9.84 Å². The van der Waals surface area contributed by atoms with Gasteiger partial charge in [-0.05, 0) is 29.8 Å². The number of rotatable bonds is 3. The second-order valence-corrected chi connectivity index (χ2v) is 7.37. The predicted molar refractivity (Wildman–Crippen MR) is 106 cm³/mol. The van der Waals surface area contributed by atoms with Crippen LogP contribution >= 0.6 is 0 Å². The lowest BCUT2D eigenvalue weighted by atomic mass is 9.90. The maximum Gasteiger partial charge on any atom is 0.272 e. The molecule has 0 atom stereocenters. The van der Waals surface area contributed by atoms with Gasteiger partial charge in [-0.1, -0.05) is 26.8 Å². The van der Waals surface area contributed by atoms with Crippen molar-refractivity contribution >= 4 is 12.2 Å². The molecule has 0 radical (unpaired) electrons. The molecule has 0 spiro atoms. The van der Waals surface area contributed by atoms with Crippen molar-refractivity contribution in [3.8, 4) is 11.5 Å². The highest BCUT2D eigenvalue weighted by molar-refractivity contribution is 5.54. The molecule has 3 aromatic rings. The van der Waals surface area contributed by atoms with Crippen molar-refractivity contribution in [2.45, 2.75) is 26.2 Å². The molecule has 2 heterocycles. The van der Waals surface area contributed by atoms with Gasteiger partial charge >= 0.3 is 0 Å². The molecule has 146 valence electrons. The van der Waals surface area contributed by atoms with Crippen LogP contribution < -0.4 is 26.6 Å². The number of aromatic amines is 3. The molecule has 0 saturated carbocycles. The minimum atomic E-state index is -0.464. The maximum absolute atomic E-state index is 12.5. The van der Waals surface area contributed by atoms with Gasteiger partial charge in [0.15, 0.2) is 11.5 Å². The van der Waals surface area contributed by atoms with Gasteiger partial charge in [-0.25, -0.2) is 4.98 Å². The zero-order chi connectivity index (χ0) is 20.5. The van der Waals surface area contributed by atoms with Crippen LogP contribution in [0, 0.1) is 0 Å². The van der Waals surface area contributed by atoms with Crippen molar-refractivity contribution in [3.63, 3.8) is 0 Å². The van der Waals surface area contributed by atoms with Crippen LogP contribution in [0.2, 0.25) is 0 Å². The molecule has 3 rings (SSSR count). The SMILES string of the molecule is COc1ccc(/C=c2\[nH]c(=O)/c(=C/c3nc[nH]c3C(C)(C)C)[nH]c2=O)cc1O.